The third-order valence-corrected chi connectivity index (χ3v) is 4.48. The van der Waals surface area contributed by atoms with Crippen LogP contribution in [0.15, 0.2) is 16.7 Å². The average Bonchev–Trinajstić information content (AvgIpc) is 2.24. The summed E-state index contributed by atoms with van der Waals surface area (Å²) in [5.74, 6) is 1.11. The molecule has 1 fully saturated rings. The number of anilines is 1. The van der Waals surface area contributed by atoms with Crippen molar-refractivity contribution in [3.05, 3.63) is 22.3 Å². The Morgan fingerprint density at radius 2 is 1.94 bits per heavy atom. The first-order chi connectivity index (χ1) is 7.61. The number of hydrogen-bond acceptors (Lipinski definition) is 2. The minimum absolute atomic E-state index is 0.592. The molecule has 1 aliphatic heterocycles. The summed E-state index contributed by atoms with van der Waals surface area (Å²) in [6.07, 6.45) is 5.78. The normalized spacial score (nSPS) is 25.9. The van der Waals surface area contributed by atoms with E-state index in [0.717, 1.165) is 10.3 Å². The van der Waals surface area contributed by atoms with E-state index in [4.69, 9.17) is 0 Å². The fourth-order valence-electron chi connectivity index (χ4n) is 2.54. The SMILES string of the molecule is Cc1ccnc(N2C(C)CCCC2C)c1Br. The first-order valence-corrected chi connectivity index (χ1v) is 6.80. The van der Waals surface area contributed by atoms with Gasteiger partial charge in [-0.3, -0.25) is 0 Å². The van der Waals surface area contributed by atoms with Gasteiger partial charge >= 0.3 is 0 Å². The van der Waals surface area contributed by atoms with Gasteiger partial charge < -0.3 is 4.90 Å². The lowest BCUT2D eigenvalue weighted by Crippen LogP contribution is -2.44. The number of pyridine rings is 1. The monoisotopic (exact) mass is 282 g/mol. The Morgan fingerprint density at radius 1 is 1.31 bits per heavy atom. The Bertz CT molecular complexity index is 368. The lowest BCUT2D eigenvalue weighted by Gasteiger charge is -2.40. The van der Waals surface area contributed by atoms with E-state index in [2.05, 4.69) is 46.6 Å². The Morgan fingerprint density at radius 3 is 2.56 bits per heavy atom. The van der Waals surface area contributed by atoms with Crippen molar-refractivity contribution in [3.63, 3.8) is 0 Å². The van der Waals surface area contributed by atoms with E-state index >= 15 is 0 Å². The molecule has 0 aliphatic carbocycles. The molecule has 2 atom stereocenters. The summed E-state index contributed by atoms with van der Waals surface area (Å²) in [6, 6.07) is 3.23. The summed E-state index contributed by atoms with van der Waals surface area (Å²) in [7, 11) is 0. The van der Waals surface area contributed by atoms with Crippen LogP contribution in [0.1, 0.15) is 38.7 Å². The Balaban J connectivity index is 2.38. The Labute approximate surface area is 106 Å². The van der Waals surface area contributed by atoms with Crippen LogP contribution >= 0.6 is 15.9 Å². The van der Waals surface area contributed by atoms with Gasteiger partial charge in [0.1, 0.15) is 5.82 Å². The molecule has 0 bridgehead atoms. The highest BCUT2D eigenvalue weighted by Crippen LogP contribution is 2.33. The van der Waals surface area contributed by atoms with Gasteiger partial charge in [-0.25, -0.2) is 4.98 Å². The van der Waals surface area contributed by atoms with Crippen molar-refractivity contribution in [2.45, 2.75) is 52.1 Å². The van der Waals surface area contributed by atoms with Crippen LogP contribution in [-0.2, 0) is 0 Å². The van der Waals surface area contributed by atoms with Crippen molar-refractivity contribution in [2.24, 2.45) is 0 Å². The molecule has 1 aromatic heterocycles. The van der Waals surface area contributed by atoms with Gasteiger partial charge in [0.25, 0.3) is 0 Å². The molecule has 1 aromatic rings. The highest BCUT2D eigenvalue weighted by Gasteiger charge is 2.27. The van der Waals surface area contributed by atoms with Crippen molar-refractivity contribution < 1.29 is 0 Å². The number of nitrogens with zero attached hydrogens (tertiary/aromatic N) is 2. The van der Waals surface area contributed by atoms with Gasteiger partial charge in [0.05, 0.1) is 4.47 Å². The number of aryl methyl sites for hydroxylation is 1. The molecule has 0 spiro atoms. The first kappa shape index (κ1) is 11.9. The minimum Gasteiger partial charge on any atom is -0.350 e. The van der Waals surface area contributed by atoms with Gasteiger partial charge in [0.2, 0.25) is 0 Å². The lowest BCUT2D eigenvalue weighted by atomic mass is 9.97. The maximum Gasteiger partial charge on any atom is 0.143 e. The van der Waals surface area contributed by atoms with Crippen LogP contribution in [0.4, 0.5) is 5.82 Å². The summed E-state index contributed by atoms with van der Waals surface area (Å²) < 4.78 is 1.15. The molecular weight excluding hydrogens is 264 g/mol. The Hall–Kier alpha value is -0.570. The highest BCUT2D eigenvalue weighted by atomic mass is 79.9. The molecule has 1 aliphatic rings. The van der Waals surface area contributed by atoms with Crippen molar-refractivity contribution >= 4 is 21.7 Å². The second kappa shape index (κ2) is 4.74. The van der Waals surface area contributed by atoms with Gasteiger partial charge in [-0.2, -0.15) is 0 Å². The molecule has 0 amide bonds. The van der Waals surface area contributed by atoms with Gasteiger partial charge in [-0.05, 0) is 67.6 Å². The summed E-state index contributed by atoms with van der Waals surface area (Å²) in [4.78, 5) is 7.00. The van der Waals surface area contributed by atoms with E-state index in [0.29, 0.717) is 12.1 Å². The van der Waals surface area contributed by atoms with E-state index < -0.39 is 0 Å². The average molecular weight is 283 g/mol. The van der Waals surface area contributed by atoms with Crippen LogP contribution in [-0.4, -0.2) is 17.1 Å². The minimum atomic E-state index is 0.592. The standard InChI is InChI=1S/C13H19BrN2/c1-9-7-8-15-13(12(9)14)16-10(2)5-4-6-11(16)3/h7-8,10-11H,4-6H2,1-3H3. The van der Waals surface area contributed by atoms with Crippen molar-refractivity contribution in [2.75, 3.05) is 4.90 Å². The molecule has 0 aromatic carbocycles. The van der Waals surface area contributed by atoms with Crippen molar-refractivity contribution in [3.8, 4) is 0 Å². The fourth-order valence-corrected chi connectivity index (χ4v) is 2.98. The third-order valence-electron chi connectivity index (χ3n) is 3.50. The topological polar surface area (TPSA) is 16.1 Å². The highest BCUT2D eigenvalue weighted by molar-refractivity contribution is 9.10. The van der Waals surface area contributed by atoms with Crippen molar-refractivity contribution in [1.82, 2.24) is 4.98 Å². The molecular formula is C13H19BrN2. The van der Waals surface area contributed by atoms with Crippen LogP contribution in [0.2, 0.25) is 0 Å². The quantitative estimate of drug-likeness (QED) is 0.776. The fraction of sp³-hybridized carbons (Fsp3) is 0.615. The first-order valence-electron chi connectivity index (χ1n) is 6.00. The summed E-state index contributed by atoms with van der Waals surface area (Å²) in [5, 5.41) is 0. The molecule has 2 unspecified atom stereocenters. The molecule has 2 nitrogen and oxygen atoms in total. The Kier molecular flexibility index (Phi) is 3.53. The lowest BCUT2D eigenvalue weighted by molar-refractivity contribution is 0.410. The number of piperidine rings is 1. The molecule has 0 radical (unpaired) electrons. The zero-order valence-electron chi connectivity index (χ0n) is 10.2. The van der Waals surface area contributed by atoms with E-state index in [-0.39, 0.29) is 0 Å². The maximum atomic E-state index is 4.54. The van der Waals surface area contributed by atoms with Crippen molar-refractivity contribution in [1.29, 1.82) is 0 Å². The summed E-state index contributed by atoms with van der Waals surface area (Å²) >= 11 is 3.67. The van der Waals surface area contributed by atoms with E-state index in [1.807, 2.05) is 12.3 Å². The molecule has 0 saturated carbocycles. The zero-order chi connectivity index (χ0) is 11.7. The second-order valence-electron chi connectivity index (χ2n) is 4.80. The van der Waals surface area contributed by atoms with E-state index in [1.165, 1.54) is 24.8 Å². The molecule has 0 N–H and O–H groups in total. The number of rotatable bonds is 1. The number of aromatic nitrogens is 1. The molecule has 16 heavy (non-hydrogen) atoms. The number of halogens is 1. The van der Waals surface area contributed by atoms with E-state index in [9.17, 15) is 0 Å². The molecule has 2 rings (SSSR count). The molecule has 2 heterocycles. The van der Waals surface area contributed by atoms with Gasteiger partial charge in [-0.15, -0.1) is 0 Å². The van der Waals surface area contributed by atoms with Gasteiger partial charge in [-0.1, -0.05) is 0 Å². The van der Waals surface area contributed by atoms with Crippen LogP contribution in [0.25, 0.3) is 0 Å². The smallest absolute Gasteiger partial charge is 0.143 e. The maximum absolute atomic E-state index is 4.54. The second-order valence-corrected chi connectivity index (χ2v) is 5.59. The van der Waals surface area contributed by atoms with Crippen LogP contribution in [0, 0.1) is 6.92 Å². The third kappa shape index (κ3) is 2.10. The van der Waals surface area contributed by atoms with Crippen LogP contribution in [0.3, 0.4) is 0 Å². The van der Waals surface area contributed by atoms with Gasteiger partial charge in [0, 0.05) is 18.3 Å². The van der Waals surface area contributed by atoms with Gasteiger partial charge in [0.15, 0.2) is 0 Å². The van der Waals surface area contributed by atoms with E-state index in [1.54, 1.807) is 0 Å². The predicted molar refractivity (Wildman–Crippen MR) is 71.9 cm³/mol. The predicted octanol–water partition coefficient (Wildman–Crippen LogP) is 3.92. The number of hydrogen-bond donors (Lipinski definition) is 0. The molecule has 88 valence electrons. The molecule has 1 saturated heterocycles. The molecule has 3 heteroatoms. The largest absolute Gasteiger partial charge is 0.350 e. The summed E-state index contributed by atoms with van der Waals surface area (Å²) in [5.41, 5.74) is 1.26. The summed E-state index contributed by atoms with van der Waals surface area (Å²) in [6.45, 7) is 6.72. The van der Waals surface area contributed by atoms with Crippen LogP contribution < -0.4 is 4.90 Å². The zero-order valence-corrected chi connectivity index (χ0v) is 11.8. The van der Waals surface area contributed by atoms with Crippen LogP contribution in [0.5, 0.6) is 0 Å².